The van der Waals surface area contributed by atoms with Crippen molar-refractivity contribution in [2.24, 2.45) is 0 Å². The minimum Gasteiger partial charge on any atom is -0.462 e. The minimum absolute atomic E-state index is 0.0403. The Kier molecular flexibility index (Phi) is 4.82. The van der Waals surface area contributed by atoms with E-state index in [1.54, 1.807) is 30.3 Å². The highest BCUT2D eigenvalue weighted by molar-refractivity contribution is 6.29. The molecule has 0 atom stereocenters. The lowest BCUT2D eigenvalue weighted by Gasteiger charge is -2.16. The highest BCUT2D eigenvalue weighted by atomic mass is 16.5. The molecule has 2 aliphatic rings. The lowest BCUT2D eigenvalue weighted by molar-refractivity contribution is -0.138. The molecule has 0 bridgehead atoms. The number of nitrogens with zero attached hydrogens (tertiary/aromatic N) is 2. The van der Waals surface area contributed by atoms with Gasteiger partial charge in [-0.2, -0.15) is 10.5 Å². The largest absolute Gasteiger partial charge is 0.462 e. The second kappa shape index (κ2) is 7.21. The van der Waals surface area contributed by atoms with Gasteiger partial charge in [0.05, 0.1) is 12.2 Å². The summed E-state index contributed by atoms with van der Waals surface area (Å²) in [6.45, 7) is 2.32. The van der Waals surface area contributed by atoms with Crippen molar-refractivity contribution in [3.63, 3.8) is 0 Å². The van der Waals surface area contributed by atoms with Gasteiger partial charge in [0.2, 0.25) is 0 Å². The van der Waals surface area contributed by atoms with Crippen molar-refractivity contribution in [1.29, 1.82) is 10.5 Å². The van der Waals surface area contributed by atoms with Crippen molar-refractivity contribution in [3.8, 4) is 12.1 Å². The Hall–Kier alpha value is -3.44. The standard InChI is InChI=1S/C21H16N2O3/c1-2-3-10-26-21(25)16-8-9-17(24)20-18(13(11-22)12-23)14-6-4-5-7-15(14)19(16)20/h4-8H,2-3,9-10H2,1H3. The van der Waals surface area contributed by atoms with E-state index in [0.717, 1.165) is 12.8 Å². The molecule has 0 aliphatic heterocycles. The lowest BCUT2D eigenvalue weighted by atomic mass is 9.87. The van der Waals surface area contributed by atoms with Gasteiger partial charge in [-0.05, 0) is 17.5 Å². The summed E-state index contributed by atoms with van der Waals surface area (Å²) in [5, 5.41) is 18.7. The Balaban J connectivity index is 2.18. The number of nitriles is 2. The minimum atomic E-state index is -0.482. The number of ether oxygens (including phenoxy) is 1. The summed E-state index contributed by atoms with van der Waals surface area (Å²) < 4.78 is 5.33. The Morgan fingerprint density at radius 2 is 1.85 bits per heavy atom. The molecule has 0 saturated heterocycles. The van der Waals surface area contributed by atoms with E-state index in [4.69, 9.17) is 4.74 Å². The third-order valence-corrected chi connectivity index (χ3v) is 4.43. The molecule has 1 aromatic carbocycles. The number of carbonyl (C=O) groups excluding carboxylic acids is 2. The number of Topliss-reactive ketones (excluding diaryl/α,β-unsaturated/α-hetero) is 1. The van der Waals surface area contributed by atoms with Crippen molar-refractivity contribution in [1.82, 2.24) is 0 Å². The van der Waals surface area contributed by atoms with Crippen LogP contribution in [0.1, 0.15) is 37.3 Å². The molecule has 0 unspecified atom stereocenters. The van der Waals surface area contributed by atoms with Gasteiger partial charge in [-0.3, -0.25) is 4.79 Å². The maximum Gasteiger partial charge on any atom is 0.338 e. The van der Waals surface area contributed by atoms with Crippen molar-refractivity contribution in [2.75, 3.05) is 6.61 Å². The molecular weight excluding hydrogens is 328 g/mol. The van der Waals surface area contributed by atoms with Gasteiger partial charge in [0.15, 0.2) is 5.78 Å². The summed E-state index contributed by atoms with van der Waals surface area (Å²) in [6, 6.07) is 10.9. The Morgan fingerprint density at radius 3 is 2.50 bits per heavy atom. The summed E-state index contributed by atoms with van der Waals surface area (Å²) in [5.74, 6) is -0.690. The predicted molar refractivity (Wildman–Crippen MR) is 95.1 cm³/mol. The number of ketones is 1. The smallest absolute Gasteiger partial charge is 0.338 e. The quantitative estimate of drug-likeness (QED) is 0.474. The molecule has 0 radical (unpaired) electrons. The summed E-state index contributed by atoms with van der Waals surface area (Å²) in [7, 11) is 0. The van der Waals surface area contributed by atoms with Crippen molar-refractivity contribution < 1.29 is 14.3 Å². The van der Waals surface area contributed by atoms with Crippen LogP contribution in [0.5, 0.6) is 0 Å². The molecule has 0 aromatic heterocycles. The highest BCUT2D eigenvalue weighted by Crippen LogP contribution is 2.48. The molecule has 0 spiro atoms. The van der Waals surface area contributed by atoms with Crippen molar-refractivity contribution in [2.45, 2.75) is 26.2 Å². The van der Waals surface area contributed by atoms with E-state index in [9.17, 15) is 20.1 Å². The molecule has 0 heterocycles. The second-order valence-electron chi connectivity index (χ2n) is 6.00. The molecule has 0 amide bonds. The van der Waals surface area contributed by atoms with Crippen LogP contribution in [0.2, 0.25) is 0 Å². The first-order valence-corrected chi connectivity index (χ1v) is 8.43. The van der Waals surface area contributed by atoms with Crippen molar-refractivity contribution >= 4 is 22.9 Å². The zero-order valence-corrected chi connectivity index (χ0v) is 14.3. The topological polar surface area (TPSA) is 90.9 Å². The number of hydrogen-bond donors (Lipinski definition) is 0. The fraction of sp³-hybridized carbons (Fsp3) is 0.238. The van der Waals surface area contributed by atoms with Crippen LogP contribution in [0.3, 0.4) is 0 Å². The number of unbranched alkanes of at least 4 members (excludes halogenated alkanes) is 1. The van der Waals surface area contributed by atoms with E-state index in [0.29, 0.717) is 34.5 Å². The van der Waals surface area contributed by atoms with Crippen LogP contribution < -0.4 is 0 Å². The van der Waals surface area contributed by atoms with Gasteiger partial charge >= 0.3 is 5.97 Å². The van der Waals surface area contributed by atoms with Crippen LogP contribution in [0.25, 0.3) is 11.1 Å². The monoisotopic (exact) mass is 344 g/mol. The van der Waals surface area contributed by atoms with Crippen molar-refractivity contribution in [3.05, 3.63) is 58.2 Å². The summed E-state index contributed by atoms with van der Waals surface area (Å²) >= 11 is 0. The molecule has 5 heteroatoms. The van der Waals surface area contributed by atoms with Gasteiger partial charge in [-0.1, -0.05) is 43.7 Å². The third kappa shape index (κ3) is 2.74. The van der Waals surface area contributed by atoms with Gasteiger partial charge in [0, 0.05) is 23.1 Å². The molecule has 1 aromatic rings. The van der Waals surface area contributed by atoms with Crippen LogP contribution in [-0.2, 0) is 14.3 Å². The third-order valence-electron chi connectivity index (χ3n) is 4.43. The lowest BCUT2D eigenvalue weighted by Crippen LogP contribution is -2.16. The van der Waals surface area contributed by atoms with Gasteiger partial charge in [-0.15, -0.1) is 0 Å². The Bertz CT molecular complexity index is 965. The average molecular weight is 344 g/mol. The SMILES string of the molecule is CCCCOC(=O)C1=CCC(=O)C2=C1c1ccccc1C2=C(C#N)C#N. The van der Waals surface area contributed by atoms with Crippen LogP contribution in [-0.4, -0.2) is 18.4 Å². The molecule has 0 fully saturated rings. The summed E-state index contributed by atoms with van der Waals surface area (Å²) in [4.78, 5) is 25.2. The van der Waals surface area contributed by atoms with E-state index in [1.807, 2.05) is 19.1 Å². The first kappa shape index (κ1) is 17.4. The maximum atomic E-state index is 12.6. The zero-order valence-electron chi connectivity index (χ0n) is 14.3. The highest BCUT2D eigenvalue weighted by Gasteiger charge is 2.38. The number of esters is 1. The van der Waals surface area contributed by atoms with Crippen LogP contribution in [0.4, 0.5) is 0 Å². The normalized spacial score (nSPS) is 14.8. The van der Waals surface area contributed by atoms with E-state index in [1.165, 1.54) is 0 Å². The van der Waals surface area contributed by atoms with E-state index >= 15 is 0 Å². The molecule has 2 aliphatic carbocycles. The molecule has 26 heavy (non-hydrogen) atoms. The molecule has 0 saturated carbocycles. The van der Waals surface area contributed by atoms with Crippen LogP contribution in [0.15, 0.2) is 47.1 Å². The number of benzene rings is 1. The van der Waals surface area contributed by atoms with Gasteiger partial charge in [-0.25, -0.2) is 4.79 Å². The molecule has 0 N–H and O–H groups in total. The molecule has 128 valence electrons. The first-order valence-electron chi connectivity index (χ1n) is 8.43. The fourth-order valence-electron chi connectivity index (χ4n) is 3.24. The number of fused-ring (bicyclic) bond motifs is 2. The average Bonchev–Trinajstić information content (AvgIpc) is 3.00. The number of hydrogen-bond acceptors (Lipinski definition) is 5. The Labute approximate surface area is 151 Å². The molecular formula is C21H16N2O3. The van der Waals surface area contributed by atoms with Gasteiger partial charge in [0.25, 0.3) is 0 Å². The second-order valence-corrected chi connectivity index (χ2v) is 6.00. The summed E-state index contributed by atoms with van der Waals surface area (Å²) in [5.41, 5.74) is 2.55. The fourth-order valence-corrected chi connectivity index (χ4v) is 3.24. The maximum absolute atomic E-state index is 12.6. The van der Waals surface area contributed by atoms with Gasteiger partial charge < -0.3 is 4.74 Å². The molecule has 3 rings (SSSR count). The number of carbonyl (C=O) groups is 2. The predicted octanol–water partition coefficient (Wildman–Crippen LogP) is 3.50. The van der Waals surface area contributed by atoms with E-state index in [2.05, 4.69) is 0 Å². The van der Waals surface area contributed by atoms with E-state index < -0.39 is 5.97 Å². The zero-order chi connectivity index (χ0) is 18.7. The first-order chi connectivity index (χ1) is 12.6. The van der Waals surface area contributed by atoms with Crippen LogP contribution in [0, 0.1) is 22.7 Å². The van der Waals surface area contributed by atoms with Crippen LogP contribution >= 0.6 is 0 Å². The van der Waals surface area contributed by atoms with E-state index in [-0.39, 0.29) is 23.4 Å². The number of rotatable bonds is 4. The molecule has 5 nitrogen and oxygen atoms in total. The summed E-state index contributed by atoms with van der Waals surface area (Å²) in [6.07, 6.45) is 3.28. The number of allylic oxidation sites excluding steroid dienone is 4. The van der Waals surface area contributed by atoms with Gasteiger partial charge in [0.1, 0.15) is 17.7 Å². The Morgan fingerprint density at radius 1 is 1.15 bits per heavy atom.